The van der Waals surface area contributed by atoms with Crippen molar-refractivity contribution in [3.63, 3.8) is 0 Å². The molecule has 0 bridgehead atoms. The van der Waals surface area contributed by atoms with Crippen LogP contribution in [-0.2, 0) is 6.54 Å². The predicted octanol–water partition coefficient (Wildman–Crippen LogP) is 1.97. The predicted molar refractivity (Wildman–Crippen MR) is 92.2 cm³/mol. The normalized spacial score (nSPS) is 11.7. The molecule has 0 aliphatic carbocycles. The number of halogens is 1. The van der Waals surface area contributed by atoms with Gasteiger partial charge >= 0.3 is 0 Å². The smallest absolute Gasteiger partial charge is 0.189 e. The van der Waals surface area contributed by atoms with Gasteiger partial charge in [0.1, 0.15) is 5.82 Å². The molecule has 0 aliphatic rings. The molecule has 1 rings (SSSR count). The summed E-state index contributed by atoms with van der Waals surface area (Å²) in [6.07, 6.45) is 0. The Bertz CT molecular complexity index is 423. The number of nitrogens with zero attached hydrogens (tertiary/aromatic N) is 3. The zero-order valence-electron chi connectivity index (χ0n) is 12.3. The van der Waals surface area contributed by atoms with Crippen LogP contribution in [0.3, 0.4) is 0 Å². The number of guanidine groups is 1. The third-order valence-corrected chi connectivity index (χ3v) is 2.16. The Hall–Kier alpha value is -1.05. The Labute approximate surface area is 132 Å². The van der Waals surface area contributed by atoms with E-state index in [0.717, 1.165) is 11.5 Å². The van der Waals surface area contributed by atoms with Crippen molar-refractivity contribution >= 4 is 35.8 Å². The van der Waals surface area contributed by atoms with E-state index in [-0.39, 0.29) is 29.5 Å². The van der Waals surface area contributed by atoms with Gasteiger partial charge in [-0.3, -0.25) is 0 Å². The highest BCUT2D eigenvalue weighted by molar-refractivity contribution is 14.0. The first-order valence-corrected chi connectivity index (χ1v) is 5.99. The molecule has 19 heavy (non-hydrogen) atoms. The molecular formula is C13H24IN5. The molecule has 3 N–H and O–H groups in total. The number of nitrogens with one attached hydrogen (secondary N) is 1. The van der Waals surface area contributed by atoms with Gasteiger partial charge in [-0.05, 0) is 32.9 Å². The van der Waals surface area contributed by atoms with Gasteiger partial charge in [0.2, 0.25) is 0 Å². The second-order valence-electron chi connectivity index (χ2n) is 5.46. The summed E-state index contributed by atoms with van der Waals surface area (Å²) in [6.45, 7) is 6.61. The van der Waals surface area contributed by atoms with Crippen LogP contribution in [0.2, 0.25) is 0 Å². The second kappa shape index (κ2) is 7.52. The topological polar surface area (TPSA) is 66.5 Å². The molecule has 108 valence electrons. The quantitative estimate of drug-likeness (QED) is 0.480. The van der Waals surface area contributed by atoms with E-state index in [0.29, 0.717) is 12.5 Å². The van der Waals surface area contributed by atoms with Crippen LogP contribution in [0.1, 0.15) is 26.5 Å². The SMILES string of the molecule is CN(C)c1cccc(CN=C(N)NC(C)(C)C)n1.I. The fourth-order valence-electron chi connectivity index (χ4n) is 1.39. The van der Waals surface area contributed by atoms with Gasteiger partial charge in [-0.25, -0.2) is 9.98 Å². The molecule has 6 heteroatoms. The van der Waals surface area contributed by atoms with Crippen LogP contribution in [0.5, 0.6) is 0 Å². The van der Waals surface area contributed by atoms with Crippen molar-refractivity contribution < 1.29 is 0 Å². The number of nitrogens with two attached hydrogens (primary N) is 1. The fraction of sp³-hybridized carbons (Fsp3) is 0.538. The number of rotatable bonds is 3. The van der Waals surface area contributed by atoms with E-state index in [2.05, 4.69) is 15.3 Å². The average molecular weight is 377 g/mol. The molecule has 0 aromatic carbocycles. The number of hydrogen-bond donors (Lipinski definition) is 2. The van der Waals surface area contributed by atoms with Crippen molar-refractivity contribution in [1.29, 1.82) is 0 Å². The standard InChI is InChI=1S/C13H23N5.HI/c1-13(2,3)17-12(14)15-9-10-7-6-8-11(16-10)18(4)5;/h6-8H,9H2,1-5H3,(H3,14,15,17);1H. The third-order valence-electron chi connectivity index (χ3n) is 2.16. The summed E-state index contributed by atoms with van der Waals surface area (Å²) in [4.78, 5) is 10.7. The monoisotopic (exact) mass is 377 g/mol. The zero-order valence-corrected chi connectivity index (χ0v) is 14.6. The lowest BCUT2D eigenvalue weighted by Gasteiger charge is -2.21. The van der Waals surface area contributed by atoms with Gasteiger partial charge in [0.25, 0.3) is 0 Å². The molecule has 0 unspecified atom stereocenters. The molecule has 0 saturated carbocycles. The van der Waals surface area contributed by atoms with Crippen molar-refractivity contribution in [1.82, 2.24) is 10.3 Å². The van der Waals surface area contributed by atoms with Gasteiger partial charge in [0, 0.05) is 19.6 Å². The average Bonchev–Trinajstić information content (AvgIpc) is 2.24. The maximum absolute atomic E-state index is 5.81. The molecule has 0 fully saturated rings. The first-order valence-electron chi connectivity index (χ1n) is 5.99. The summed E-state index contributed by atoms with van der Waals surface area (Å²) in [5, 5.41) is 3.12. The minimum atomic E-state index is -0.0769. The molecule has 5 nitrogen and oxygen atoms in total. The molecule has 0 spiro atoms. The van der Waals surface area contributed by atoms with Gasteiger partial charge in [-0.1, -0.05) is 6.07 Å². The molecule has 1 heterocycles. The lowest BCUT2D eigenvalue weighted by molar-refractivity contribution is 0.508. The fourth-order valence-corrected chi connectivity index (χ4v) is 1.39. The number of hydrogen-bond acceptors (Lipinski definition) is 3. The van der Waals surface area contributed by atoms with Crippen LogP contribution in [0.4, 0.5) is 5.82 Å². The van der Waals surface area contributed by atoms with E-state index in [1.54, 1.807) is 0 Å². The minimum Gasteiger partial charge on any atom is -0.370 e. The van der Waals surface area contributed by atoms with Gasteiger partial charge < -0.3 is 16.0 Å². The highest BCUT2D eigenvalue weighted by atomic mass is 127. The van der Waals surface area contributed by atoms with E-state index >= 15 is 0 Å². The molecule has 0 radical (unpaired) electrons. The van der Waals surface area contributed by atoms with Crippen LogP contribution in [-0.4, -0.2) is 30.6 Å². The molecule has 1 aromatic heterocycles. The lowest BCUT2D eigenvalue weighted by Crippen LogP contribution is -2.45. The minimum absolute atomic E-state index is 0. The lowest BCUT2D eigenvalue weighted by atomic mass is 10.1. The molecule has 0 aliphatic heterocycles. The molecule has 0 amide bonds. The highest BCUT2D eigenvalue weighted by Crippen LogP contribution is 2.08. The highest BCUT2D eigenvalue weighted by Gasteiger charge is 2.09. The second-order valence-corrected chi connectivity index (χ2v) is 5.46. The van der Waals surface area contributed by atoms with Crippen LogP contribution in [0.25, 0.3) is 0 Å². The van der Waals surface area contributed by atoms with Gasteiger partial charge in [0.15, 0.2) is 5.96 Å². The van der Waals surface area contributed by atoms with Crippen LogP contribution < -0.4 is 16.0 Å². The van der Waals surface area contributed by atoms with Crippen molar-refractivity contribution in [3.8, 4) is 0 Å². The number of aliphatic imine (C=N–C) groups is 1. The Balaban J connectivity index is 0.00000324. The molecule has 0 saturated heterocycles. The Morgan fingerprint density at radius 1 is 1.37 bits per heavy atom. The number of aromatic nitrogens is 1. The summed E-state index contributed by atoms with van der Waals surface area (Å²) < 4.78 is 0. The van der Waals surface area contributed by atoms with Gasteiger partial charge in [-0.15, -0.1) is 24.0 Å². The summed E-state index contributed by atoms with van der Waals surface area (Å²) in [7, 11) is 3.93. The van der Waals surface area contributed by atoms with Crippen LogP contribution in [0, 0.1) is 0 Å². The molecule has 0 atom stereocenters. The van der Waals surface area contributed by atoms with Crippen LogP contribution in [0.15, 0.2) is 23.2 Å². The van der Waals surface area contributed by atoms with Crippen molar-refractivity contribution in [3.05, 3.63) is 23.9 Å². The van der Waals surface area contributed by atoms with Crippen molar-refractivity contribution in [2.75, 3.05) is 19.0 Å². The number of pyridine rings is 1. The van der Waals surface area contributed by atoms with E-state index in [1.807, 2.05) is 58.0 Å². The maximum Gasteiger partial charge on any atom is 0.189 e. The van der Waals surface area contributed by atoms with Gasteiger partial charge in [0.05, 0.1) is 12.2 Å². The van der Waals surface area contributed by atoms with E-state index in [4.69, 9.17) is 5.73 Å². The summed E-state index contributed by atoms with van der Waals surface area (Å²) >= 11 is 0. The summed E-state index contributed by atoms with van der Waals surface area (Å²) in [6, 6.07) is 5.88. The van der Waals surface area contributed by atoms with Crippen molar-refractivity contribution in [2.24, 2.45) is 10.7 Å². The van der Waals surface area contributed by atoms with E-state index in [9.17, 15) is 0 Å². The zero-order chi connectivity index (χ0) is 13.8. The Morgan fingerprint density at radius 3 is 2.53 bits per heavy atom. The maximum atomic E-state index is 5.81. The van der Waals surface area contributed by atoms with Crippen molar-refractivity contribution in [2.45, 2.75) is 32.9 Å². The largest absolute Gasteiger partial charge is 0.370 e. The first kappa shape index (κ1) is 17.9. The van der Waals surface area contributed by atoms with E-state index in [1.165, 1.54) is 0 Å². The van der Waals surface area contributed by atoms with Gasteiger partial charge in [-0.2, -0.15) is 0 Å². The third kappa shape index (κ3) is 7.19. The summed E-state index contributed by atoms with van der Waals surface area (Å²) in [5.41, 5.74) is 6.63. The first-order chi connectivity index (χ1) is 8.28. The summed E-state index contributed by atoms with van der Waals surface area (Å²) in [5.74, 6) is 1.37. The Kier molecular flexibility index (Phi) is 7.10. The van der Waals surface area contributed by atoms with Crippen LogP contribution >= 0.6 is 24.0 Å². The number of anilines is 1. The van der Waals surface area contributed by atoms with E-state index < -0.39 is 0 Å². The molecular weight excluding hydrogens is 353 g/mol. The Morgan fingerprint density at radius 2 is 2.00 bits per heavy atom. The molecule has 1 aromatic rings.